The molecule has 7 heteroatoms. The quantitative estimate of drug-likeness (QED) is 0.645. The van der Waals surface area contributed by atoms with Crippen molar-refractivity contribution in [2.75, 3.05) is 68.5 Å². The predicted molar refractivity (Wildman–Crippen MR) is 130 cm³/mol. The Morgan fingerprint density at radius 2 is 1.78 bits per heavy atom. The first-order chi connectivity index (χ1) is 15.6. The minimum absolute atomic E-state index is 0.0293. The Labute approximate surface area is 191 Å². The number of para-hydroxylation sites is 2. The summed E-state index contributed by atoms with van der Waals surface area (Å²) >= 11 is 0. The Hall–Kier alpha value is -2.96. The van der Waals surface area contributed by atoms with Crippen molar-refractivity contribution < 1.29 is 9.53 Å². The molecule has 32 heavy (non-hydrogen) atoms. The number of pyridine rings is 1. The molecule has 1 aromatic heterocycles. The molecular formula is C25H35N5O2. The first-order valence-electron chi connectivity index (χ1n) is 11.7. The van der Waals surface area contributed by atoms with E-state index in [4.69, 9.17) is 4.74 Å². The fourth-order valence-corrected chi connectivity index (χ4v) is 4.05. The number of ether oxygens (including phenoxy) is 1. The van der Waals surface area contributed by atoms with Gasteiger partial charge in [-0.15, -0.1) is 0 Å². The summed E-state index contributed by atoms with van der Waals surface area (Å²) in [5.41, 5.74) is 3.69. The summed E-state index contributed by atoms with van der Waals surface area (Å²) < 4.78 is 6.14. The van der Waals surface area contributed by atoms with Crippen LogP contribution in [-0.2, 0) is 0 Å². The van der Waals surface area contributed by atoms with Crippen molar-refractivity contribution in [3.63, 3.8) is 0 Å². The average molecular weight is 438 g/mol. The van der Waals surface area contributed by atoms with Crippen molar-refractivity contribution in [3.8, 4) is 5.75 Å². The third-order valence-corrected chi connectivity index (χ3v) is 6.11. The van der Waals surface area contributed by atoms with Gasteiger partial charge < -0.3 is 24.8 Å². The Morgan fingerprint density at radius 1 is 1.09 bits per heavy atom. The van der Waals surface area contributed by atoms with E-state index in [-0.39, 0.29) is 5.91 Å². The molecule has 1 aliphatic heterocycles. The number of nitrogens with one attached hydrogen (secondary N) is 1. The highest BCUT2D eigenvalue weighted by Gasteiger charge is 2.26. The Balaban J connectivity index is 1.49. The molecule has 1 saturated carbocycles. The molecule has 2 fully saturated rings. The molecule has 0 atom stereocenters. The normalized spacial score (nSPS) is 16.1. The highest BCUT2D eigenvalue weighted by Crippen LogP contribution is 2.35. The number of hydrogen-bond donors (Lipinski definition) is 1. The number of rotatable bonds is 9. The molecule has 7 nitrogen and oxygen atoms in total. The fraction of sp³-hybridized carbons (Fsp3) is 0.520. The van der Waals surface area contributed by atoms with Crippen LogP contribution in [0.1, 0.15) is 36.5 Å². The summed E-state index contributed by atoms with van der Waals surface area (Å²) in [6.45, 7) is 7.27. The second-order valence-electron chi connectivity index (χ2n) is 8.90. The van der Waals surface area contributed by atoms with Crippen molar-refractivity contribution in [1.29, 1.82) is 0 Å². The van der Waals surface area contributed by atoms with E-state index in [1.807, 2.05) is 12.3 Å². The molecule has 0 unspecified atom stereocenters. The molecule has 1 aliphatic carbocycles. The smallest absolute Gasteiger partial charge is 0.257 e. The standard InChI is InChI=1S/C25H35N5O2/c1-4-11-27-24-20(25(31)28(2)3)16-26-17-22(24)30-14-12-29(13-15-30)21-7-5-6-8-23(21)32-18-19-9-10-19/h5-8,16-17,19H,4,9-15,18H2,1-3H3,(H,26,27). The van der Waals surface area contributed by atoms with Gasteiger partial charge in [-0.3, -0.25) is 9.78 Å². The number of carbonyl (C=O) groups excluding carboxylic acids is 1. The monoisotopic (exact) mass is 437 g/mol. The number of amides is 1. The molecular weight excluding hydrogens is 402 g/mol. The number of hydrogen-bond acceptors (Lipinski definition) is 6. The Morgan fingerprint density at radius 3 is 2.44 bits per heavy atom. The summed E-state index contributed by atoms with van der Waals surface area (Å²) in [5.74, 6) is 1.69. The van der Waals surface area contributed by atoms with Crippen LogP contribution < -0.4 is 19.9 Å². The molecule has 1 saturated heterocycles. The van der Waals surface area contributed by atoms with Crippen LogP contribution in [0, 0.1) is 5.92 Å². The van der Waals surface area contributed by atoms with Gasteiger partial charge in [-0.25, -0.2) is 0 Å². The molecule has 2 heterocycles. The van der Waals surface area contributed by atoms with Crippen LogP contribution in [-0.4, -0.2) is 69.2 Å². The van der Waals surface area contributed by atoms with Gasteiger partial charge in [0.05, 0.1) is 35.4 Å². The van der Waals surface area contributed by atoms with E-state index in [1.54, 1.807) is 25.2 Å². The number of benzene rings is 1. The zero-order valence-electron chi connectivity index (χ0n) is 19.5. The first-order valence-corrected chi connectivity index (χ1v) is 11.7. The highest BCUT2D eigenvalue weighted by molar-refractivity contribution is 6.02. The lowest BCUT2D eigenvalue weighted by atomic mass is 10.1. The average Bonchev–Trinajstić information content (AvgIpc) is 3.65. The maximum Gasteiger partial charge on any atom is 0.257 e. The van der Waals surface area contributed by atoms with Gasteiger partial charge in [-0.1, -0.05) is 19.1 Å². The minimum atomic E-state index is -0.0293. The lowest BCUT2D eigenvalue weighted by molar-refractivity contribution is 0.0828. The SMILES string of the molecule is CCCNc1c(C(=O)N(C)C)cncc1N1CCN(c2ccccc2OCC2CC2)CC1. The van der Waals surface area contributed by atoms with Gasteiger partial charge >= 0.3 is 0 Å². The van der Waals surface area contributed by atoms with Crippen molar-refractivity contribution in [2.24, 2.45) is 5.92 Å². The summed E-state index contributed by atoms with van der Waals surface area (Å²) in [4.78, 5) is 23.5. The largest absolute Gasteiger partial charge is 0.491 e. The van der Waals surface area contributed by atoms with E-state index >= 15 is 0 Å². The van der Waals surface area contributed by atoms with Crippen LogP contribution in [0.15, 0.2) is 36.7 Å². The van der Waals surface area contributed by atoms with Crippen LogP contribution in [0.4, 0.5) is 17.1 Å². The van der Waals surface area contributed by atoms with Crippen molar-refractivity contribution >= 4 is 23.0 Å². The van der Waals surface area contributed by atoms with Crippen LogP contribution in [0.3, 0.4) is 0 Å². The molecule has 0 spiro atoms. The number of anilines is 3. The van der Waals surface area contributed by atoms with Crippen molar-refractivity contribution in [2.45, 2.75) is 26.2 Å². The van der Waals surface area contributed by atoms with Gasteiger partial charge in [0.15, 0.2) is 0 Å². The maximum atomic E-state index is 12.8. The molecule has 0 radical (unpaired) electrons. The van der Waals surface area contributed by atoms with E-state index in [2.05, 4.69) is 45.2 Å². The summed E-state index contributed by atoms with van der Waals surface area (Å²) in [6, 6.07) is 8.37. The summed E-state index contributed by atoms with van der Waals surface area (Å²) in [7, 11) is 3.56. The number of nitrogens with zero attached hydrogens (tertiary/aromatic N) is 4. The number of carbonyl (C=O) groups is 1. The van der Waals surface area contributed by atoms with Crippen LogP contribution in [0.5, 0.6) is 5.75 Å². The van der Waals surface area contributed by atoms with Gasteiger partial charge in [0.25, 0.3) is 5.91 Å². The summed E-state index contributed by atoms with van der Waals surface area (Å²) in [5, 5.41) is 3.49. The lowest BCUT2D eigenvalue weighted by Crippen LogP contribution is -2.47. The molecule has 172 valence electrons. The number of piperazine rings is 1. The second kappa shape index (κ2) is 10.1. The first kappa shape index (κ1) is 22.2. The Kier molecular flexibility index (Phi) is 7.02. The molecule has 0 bridgehead atoms. The van der Waals surface area contributed by atoms with Gasteiger partial charge in [-0.05, 0) is 37.3 Å². The third-order valence-electron chi connectivity index (χ3n) is 6.11. The van der Waals surface area contributed by atoms with Crippen LogP contribution >= 0.6 is 0 Å². The van der Waals surface area contributed by atoms with Gasteiger partial charge in [-0.2, -0.15) is 0 Å². The van der Waals surface area contributed by atoms with Crippen LogP contribution in [0.25, 0.3) is 0 Å². The molecule has 4 rings (SSSR count). The van der Waals surface area contributed by atoms with E-state index in [0.29, 0.717) is 5.56 Å². The van der Waals surface area contributed by atoms with Gasteiger partial charge in [0.1, 0.15) is 5.75 Å². The van der Waals surface area contributed by atoms with E-state index in [9.17, 15) is 4.79 Å². The molecule has 2 aliphatic rings. The lowest BCUT2D eigenvalue weighted by Gasteiger charge is -2.38. The number of aromatic nitrogens is 1. The van der Waals surface area contributed by atoms with Gasteiger partial charge in [0, 0.05) is 53.0 Å². The molecule has 1 amide bonds. The molecule has 2 aromatic rings. The Bertz CT molecular complexity index is 920. The van der Waals surface area contributed by atoms with E-state index in [1.165, 1.54) is 18.5 Å². The third kappa shape index (κ3) is 5.09. The zero-order valence-corrected chi connectivity index (χ0v) is 19.5. The van der Waals surface area contributed by atoms with Crippen molar-refractivity contribution in [1.82, 2.24) is 9.88 Å². The fourth-order valence-electron chi connectivity index (χ4n) is 4.05. The topological polar surface area (TPSA) is 60.9 Å². The van der Waals surface area contributed by atoms with E-state index < -0.39 is 0 Å². The second-order valence-corrected chi connectivity index (χ2v) is 8.90. The molecule has 1 N–H and O–H groups in total. The predicted octanol–water partition coefficient (Wildman–Crippen LogP) is 3.72. The van der Waals surface area contributed by atoms with Crippen LogP contribution in [0.2, 0.25) is 0 Å². The maximum absolute atomic E-state index is 12.8. The summed E-state index contributed by atoms with van der Waals surface area (Å²) in [6.07, 6.45) is 7.13. The molecule has 1 aromatic carbocycles. The zero-order chi connectivity index (χ0) is 22.5. The highest BCUT2D eigenvalue weighted by atomic mass is 16.5. The minimum Gasteiger partial charge on any atom is -0.491 e. The van der Waals surface area contributed by atoms with E-state index in [0.717, 1.165) is 68.8 Å². The van der Waals surface area contributed by atoms with Gasteiger partial charge in [0.2, 0.25) is 0 Å². The van der Waals surface area contributed by atoms with Crippen molar-refractivity contribution in [3.05, 3.63) is 42.2 Å².